The predicted molar refractivity (Wildman–Crippen MR) is 48.3 cm³/mol. The average molecular weight is 184 g/mol. The molecule has 1 rings (SSSR count). The second kappa shape index (κ2) is 3.68. The average Bonchev–Trinajstić information content (AvgIpc) is 2.04. The molecule has 1 aromatic heterocycles. The van der Waals surface area contributed by atoms with E-state index in [9.17, 15) is 4.79 Å². The maximum Gasteiger partial charge on any atom is 0.138 e. The van der Waals surface area contributed by atoms with E-state index in [4.69, 9.17) is 11.6 Å². The Morgan fingerprint density at radius 1 is 1.67 bits per heavy atom. The van der Waals surface area contributed by atoms with Gasteiger partial charge < -0.3 is 0 Å². The molecule has 0 aliphatic rings. The minimum absolute atomic E-state index is 0.0793. The zero-order valence-corrected chi connectivity index (χ0v) is 7.80. The molecule has 0 saturated heterocycles. The number of ketones is 1. The first-order valence-corrected chi connectivity index (χ1v) is 4.11. The molecule has 0 saturated carbocycles. The highest BCUT2D eigenvalue weighted by Gasteiger charge is 2.14. The number of hydrogen-bond acceptors (Lipinski definition) is 2. The lowest BCUT2D eigenvalue weighted by atomic mass is 10.0. The van der Waals surface area contributed by atoms with Crippen molar-refractivity contribution in [1.29, 1.82) is 0 Å². The molecule has 0 aliphatic heterocycles. The molecule has 1 atom stereocenters. The van der Waals surface area contributed by atoms with Gasteiger partial charge >= 0.3 is 0 Å². The highest BCUT2D eigenvalue weighted by atomic mass is 35.5. The summed E-state index contributed by atoms with van der Waals surface area (Å²) < 4.78 is 0. The number of hydrogen-bond donors (Lipinski definition) is 0. The van der Waals surface area contributed by atoms with E-state index in [1.165, 1.54) is 6.92 Å². The Morgan fingerprint density at radius 2 is 2.33 bits per heavy atom. The maximum atomic E-state index is 11.0. The Morgan fingerprint density at radius 3 is 2.83 bits per heavy atom. The molecule has 64 valence electrons. The summed E-state index contributed by atoms with van der Waals surface area (Å²) in [5.74, 6) is -0.130. The van der Waals surface area contributed by atoms with Crippen LogP contribution in [0.2, 0.25) is 5.02 Å². The van der Waals surface area contributed by atoms with Gasteiger partial charge in [0.2, 0.25) is 0 Å². The van der Waals surface area contributed by atoms with Crippen LogP contribution in [0, 0.1) is 0 Å². The fourth-order valence-electron chi connectivity index (χ4n) is 0.909. The highest BCUT2D eigenvalue weighted by molar-refractivity contribution is 6.31. The lowest BCUT2D eigenvalue weighted by Crippen LogP contribution is -2.06. The molecular weight excluding hydrogens is 174 g/mol. The molecule has 2 nitrogen and oxygen atoms in total. The van der Waals surface area contributed by atoms with Gasteiger partial charge in [0.1, 0.15) is 5.78 Å². The largest absolute Gasteiger partial charge is 0.299 e. The third-order valence-corrected chi connectivity index (χ3v) is 2.13. The van der Waals surface area contributed by atoms with Gasteiger partial charge in [-0.1, -0.05) is 11.6 Å². The van der Waals surface area contributed by atoms with Crippen LogP contribution in [0.5, 0.6) is 0 Å². The minimum Gasteiger partial charge on any atom is -0.299 e. The lowest BCUT2D eigenvalue weighted by molar-refractivity contribution is -0.118. The maximum absolute atomic E-state index is 11.0. The third kappa shape index (κ3) is 1.83. The first-order chi connectivity index (χ1) is 5.63. The van der Waals surface area contributed by atoms with Crippen molar-refractivity contribution in [3.63, 3.8) is 0 Å². The van der Waals surface area contributed by atoms with Crippen LogP contribution in [0.4, 0.5) is 0 Å². The van der Waals surface area contributed by atoms with Gasteiger partial charge in [-0.25, -0.2) is 0 Å². The monoisotopic (exact) mass is 183 g/mol. The molecule has 0 aliphatic carbocycles. The highest BCUT2D eigenvalue weighted by Crippen LogP contribution is 2.21. The van der Waals surface area contributed by atoms with E-state index in [1.807, 2.05) is 0 Å². The Labute approximate surface area is 76.6 Å². The number of rotatable bonds is 2. The molecule has 0 bridgehead atoms. The molecule has 1 unspecified atom stereocenters. The van der Waals surface area contributed by atoms with Crippen LogP contribution >= 0.6 is 11.6 Å². The second-order valence-electron chi connectivity index (χ2n) is 2.70. The molecule has 1 aromatic rings. The number of aromatic nitrogens is 1. The van der Waals surface area contributed by atoms with Crippen LogP contribution in [-0.4, -0.2) is 10.8 Å². The molecule has 0 aromatic carbocycles. The van der Waals surface area contributed by atoms with Crippen LogP contribution in [0.1, 0.15) is 25.5 Å². The number of pyridine rings is 1. The second-order valence-corrected chi connectivity index (χ2v) is 3.11. The van der Waals surface area contributed by atoms with E-state index in [1.54, 1.807) is 25.3 Å². The van der Waals surface area contributed by atoms with Gasteiger partial charge in [0, 0.05) is 6.20 Å². The molecule has 1 heterocycles. The quantitative estimate of drug-likeness (QED) is 0.705. The van der Waals surface area contributed by atoms with Crippen molar-refractivity contribution in [1.82, 2.24) is 4.98 Å². The first-order valence-electron chi connectivity index (χ1n) is 3.73. The van der Waals surface area contributed by atoms with Crippen LogP contribution in [0.15, 0.2) is 18.3 Å². The van der Waals surface area contributed by atoms with Gasteiger partial charge in [0.15, 0.2) is 0 Å². The number of nitrogens with zero attached hydrogens (tertiary/aromatic N) is 1. The molecule has 12 heavy (non-hydrogen) atoms. The van der Waals surface area contributed by atoms with Crippen LogP contribution < -0.4 is 0 Å². The van der Waals surface area contributed by atoms with E-state index in [2.05, 4.69) is 4.98 Å². The van der Waals surface area contributed by atoms with Crippen molar-refractivity contribution < 1.29 is 4.79 Å². The minimum atomic E-state index is -0.210. The van der Waals surface area contributed by atoms with Crippen molar-refractivity contribution in [3.8, 4) is 0 Å². The Bertz CT molecular complexity index is 298. The van der Waals surface area contributed by atoms with Crippen LogP contribution in [0.3, 0.4) is 0 Å². The summed E-state index contributed by atoms with van der Waals surface area (Å²) in [5.41, 5.74) is 0.659. The number of Topliss-reactive ketones (excluding diaryl/α,β-unsaturated/α-hetero) is 1. The predicted octanol–water partition coefficient (Wildman–Crippen LogP) is 2.43. The van der Waals surface area contributed by atoms with Crippen molar-refractivity contribution in [2.24, 2.45) is 0 Å². The Hall–Kier alpha value is -0.890. The molecule has 0 fully saturated rings. The van der Waals surface area contributed by atoms with Crippen molar-refractivity contribution in [2.45, 2.75) is 19.8 Å². The molecule has 0 amide bonds. The summed E-state index contributed by atoms with van der Waals surface area (Å²) in [6.07, 6.45) is 1.64. The zero-order valence-electron chi connectivity index (χ0n) is 7.04. The van der Waals surface area contributed by atoms with Gasteiger partial charge in [-0.2, -0.15) is 0 Å². The van der Waals surface area contributed by atoms with Gasteiger partial charge in [0.25, 0.3) is 0 Å². The summed E-state index contributed by atoms with van der Waals surface area (Å²) in [6, 6.07) is 3.49. The number of halogens is 1. The standard InChI is InChI=1S/C9H10ClNO/c1-6(7(2)12)9-8(10)4-3-5-11-9/h3-6H,1-2H3. The van der Waals surface area contributed by atoms with E-state index in [0.717, 1.165) is 0 Å². The lowest BCUT2D eigenvalue weighted by Gasteiger charge is -2.07. The molecular formula is C9H10ClNO. The zero-order chi connectivity index (χ0) is 9.14. The van der Waals surface area contributed by atoms with Gasteiger partial charge in [0.05, 0.1) is 16.6 Å². The normalized spacial score (nSPS) is 12.6. The fourth-order valence-corrected chi connectivity index (χ4v) is 1.19. The fraction of sp³-hybridized carbons (Fsp3) is 0.333. The SMILES string of the molecule is CC(=O)C(C)c1ncccc1Cl. The smallest absolute Gasteiger partial charge is 0.138 e. The Balaban J connectivity index is 3.02. The molecule has 0 spiro atoms. The Kier molecular flexibility index (Phi) is 2.82. The number of carbonyl (C=O) groups excluding carboxylic acids is 1. The van der Waals surface area contributed by atoms with E-state index < -0.39 is 0 Å². The van der Waals surface area contributed by atoms with Crippen molar-refractivity contribution >= 4 is 17.4 Å². The summed E-state index contributed by atoms with van der Waals surface area (Å²) >= 11 is 5.85. The first kappa shape index (κ1) is 9.20. The summed E-state index contributed by atoms with van der Waals surface area (Å²) in [5, 5.41) is 0.556. The topological polar surface area (TPSA) is 30.0 Å². The van der Waals surface area contributed by atoms with E-state index >= 15 is 0 Å². The number of carbonyl (C=O) groups is 1. The van der Waals surface area contributed by atoms with Gasteiger partial charge in [-0.15, -0.1) is 0 Å². The van der Waals surface area contributed by atoms with Gasteiger partial charge in [-0.3, -0.25) is 9.78 Å². The molecule has 0 N–H and O–H groups in total. The van der Waals surface area contributed by atoms with E-state index in [0.29, 0.717) is 10.7 Å². The van der Waals surface area contributed by atoms with Crippen LogP contribution in [-0.2, 0) is 4.79 Å². The van der Waals surface area contributed by atoms with Crippen LogP contribution in [0.25, 0.3) is 0 Å². The van der Waals surface area contributed by atoms with Gasteiger partial charge in [-0.05, 0) is 26.0 Å². The summed E-state index contributed by atoms with van der Waals surface area (Å²) in [4.78, 5) is 15.0. The molecule has 0 radical (unpaired) electrons. The third-order valence-electron chi connectivity index (χ3n) is 1.81. The molecule has 3 heteroatoms. The van der Waals surface area contributed by atoms with Crippen molar-refractivity contribution in [3.05, 3.63) is 29.0 Å². The van der Waals surface area contributed by atoms with Crippen molar-refractivity contribution in [2.75, 3.05) is 0 Å². The van der Waals surface area contributed by atoms with E-state index in [-0.39, 0.29) is 11.7 Å². The summed E-state index contributed by atoms with van der Waals surface area (Å²) in [6.45, 7) is 3.34. The summed E-state index contributed by atoms with van der Waals surface area (Å²) in [7, 11) is 0.